The Bertz CT molecular complexity index is 1040. The highest BCUT2D eigenvalue weighted by Crippen LogP contribution is 2.32. The van der Waals surface area contributed by atoms with Gasteiger partial charge in [0.1, 0.15) is 17.9 Å². The number of halogens is 2. The van der Waals surface area contributed by atoms with Gasteiger partial charge in [0.25, 0.3) is 5.91 Å². The Morgan fingerprint density at radius 1 is 1.12 bits per heavy atom. The summed E-state index contributed by atoms with van der Waals surface area (Å²) in [6, 6.07) is 11.0. The van der Waals surface area contributed by atoms with Crippen molar-refractivity contribution in [2.75, 3.05) is 25.5 Å². The summed E-state index contributed by atoms with van der Waals surface area (Å²) in [6.45, 7) is 0.903. The average molecular weight is 461 g/mol. The Balaban J connectivity index is 1.65. The van der Waals surface area contributed by atoms with E-state index in [1.165, 1.54) is 31.3 Å². The van der Waals surface area contributed by atoms with Crippen molar-refractivity contribution in [3.8, 4) is 0 Å². The number of carbonyl (C=O) groups excluding carboxylic acids is 4. The number of urea groups is 1. The van der Waals surface area contributed by atoms with Crippen LogP contribution < -0.4 is 10.6 Å². The first kappa shape index (κ1) is 23.2. The maximum atomic E-state index is 13.3. The molecule has 2 aromatic rings. The van der Waals surface area contributed by atoms with E-state index < -0.39 is 41.7 Å². The molecule has 1 heterocycles. The van der Waals surface area contributed by atoms with Gasteiger partial charge < -0.3 is 15.5 Å². The number of hydrogen-bond acceptors (Lipinski definition) is 4. The Labute approximate surface area is 189 Å². The Kier molecular flexibility index (Phi) is 6.78. The van der Waals surface area contributed by atoms with E-state index in [4.69, 9.17) is 11.6 Å². The molecule has 3 rings (SSSR count). The Morgan fingerprint density at radius 3 is 2.34 bits per heavy atom. The molecule has 2 N–H and O–H groups in total. The van der Waals surface area contributed by atoms with Crippen LogP contribution in [0.3, 0.4) is 0 Å². The molecule has 168 valence electrons. The topological polar surface area (TPSA) is 98.8 Å². The van der Waals surface area contributed by atoms with Crippen molar-refractivity contribution in [3.05, 3.63) is 64.9 Å². The fraction of sp³-hybridized carbons (Fsp3) is 0.273. The highest BCUT2D eigenvalue weighted by molar-refractivity contribution is 6.30. The number of nitrogens with one attached hydrogen (secondary N) is 2. The first-order valence-electron chi connectivity index (χ1n) is 9.86. The van der Waals surface area contributed by atoms with Crippen LogP contribution in [0.5, 0.6) is 0 Å². The number of rotatable bonds is 7. The van der Waals surface area contributed by atoms with Gasteiger partial charge in [-0.05, 0) is 48.4 Å². The third kappa shape index (κ3) is 4.72. The zero-order chi connectivity index (χ0) is 23.5. The van der Waals surface area contributed by atoms with E-state index in [-0.39, 0.29) is 13.0 Å². The maximum Gasteiger partial charge on any atom is 0.325 e. The predicted molar refractivity (Wildman–Crippen MR) is 116 cm³/mol. The molecule has 0 radical (unpaired) electrons. The van der Waals surface area contributed by atoms with E-state index in [0.717, 1.165) is 9.80 Å². The monoisotopic (exact) mass is 460 g/mol. The molecule has 32 heavy (non-hydrogen) atoms. The second kappa shape index (κ2) is 9.35. The molecular formula is C22H22ClFN4O4. The van der Waals surface area contributed by atoms with Crippen LogP contribution in [0.1, 0.15) is 18.9 Å². The number of nitrogens with zero attached hydrogens (tertiary/aromatic N) is 2. The van der Waals surface area contributed by atoms with Gasteiger partial charge in [-0.15, -0.1) is 0 Å². The van der Waals surface area contributed by atoms with Crippen LogP contribution in [0.4, 0.5) is 14.9 Å². The van der Waals surface area contributed by atoms with Gasteiger partial charge in [-0.1, -0.05) is 30.7 Å². The summed E-state index contributed by atoms with van der Waals surface area (Å²) < 4.78 is 13.3. The lowest BCUT2D eigenvalue weighted by Gasteiger charge is -2.26. The van der Waals surface area contributed by atoms with E-state index in [2.05, 4.69) is 10.6 Å². The molecule has 2 aromatic carbocycles. The van der Waals surface area contributed by atoms with Crippen LogP contribution >= 0.6 is 11.6 Å². The summed E-state index contributed by atoms with van der Waals surface area (Å²) in [6.07, 6.45) is 0.216. The van der Waals surface area contributed by atoms with E-state index in [1.54, 1.807) is 31.2 Å². The molecule has 8 nitrogen and oxygen atoms in total. The number of amides is 5. The van der Waals surface area contributed by atoms with E-state index >= 15 is 0 Å². The van der Waals surface area contributed by atoms with Gasteiger partial charge in [0, 0.05) is 17.8 Å². The first-order chi connectivity index (χ1) is 15.2. The zero-order valence-corrected chi connectivity index (χ0v) is 18.3. The van der Waals surface area contributed by atoms with Crippen molar-refractivity contribution in [2.45, 2.75) is 18.9 Å². The van der Waals surface area contributed by atoms with Gasteiger partial charge in [-0.2, -0.15) is 0 Å². The fourth-order valence-electron chi connectivity index (χ4n) is 3.44. The van der Waals surface area contributed by atoms with Crippen LogP contribution in [0.15, 0.2) is 48.5 Å². The summed E-state index contributed by atoms with van der Waals surface area (Å²) in [5.41, 5.74) is -0.443. The van der Waals surface area contributed by atoms with Crippen molar-refractivity contribution in [3.63, 3.8) is 0 Å². The number of carbonyl (C=O) groups is 4. The lowest BCUT2D eigenvalue weighted by molar-refractivity contribution is -0.139. The summed E-state index contributed by atoms with van der Waals surface area (Å²) in [5.74, 6) is -2.12. The smallest absolute Gasteiger partial charge is 0.325 e. The van der Waals surface area contributed by atoms with Gasteiger partial charge in [-0.25, -0.2) is 9.18 Å². The molecular weight excluding hydrogens is 439 g/mol. The highest BCUT2D eigenvalue weighted by Gasteiger charge is 2.51. The molecule has 5 amide bonds. The quantitative estimate of drug-likeness (QED) is 0.620. The fourth-order valence-corrected chi connectivity index (χ4v) is 3.56. The summed E-state index contributed by atoms with van der Waals surface area (Å²) in [7, 11) is 1.40. The molecule has 0 spiro atoms. The molecule has 0 saturated carbocycles. The second-order valence-electron chi connectivity index (χ2n) is 7.39. The van der Waals surface area contributed by atoms with Gasteiger partial charge in [0.2, 0.25) is 11.8 Å². The molecule has 1 aliphatic heterocycles. The molecule has 1 unspecified atom stereocenters. The maximum absolute atomic E-state index is 13.3. The van der Waals surface area contributed by atoms with Crippen molar-refractivity contribution < 1.29 is 23.6 Å². The lowest BCUT2D eigenvalue weighted by Crippen LogP contribution is -2.46. The van der Waals surface area contributed by atoms with E-state index in [1.807, 2.05) is 0 Å². The van der Waals surface area contributed by atoms with Gasteiger partial charge in [0.05, 0.1) is 6.54 Å². The van der Waals surface area contributed by atoms with E-state index in [0.29, 0.717) is 16.3 Å². The third-order valence-corrected chi connectivity index (χ3v) is 5.52. The normalized spacial score (nSPS) is 17.8. The predicted octanol–water partition coefficient (Wildman–Crippen LogP) is 2.73. The SMILES string of the molecule is CCC1(c2ccc(F)cc2)NC(=O)N(CC(=O)N(C)CC(=O)Nc2ccc(Cl)cc2)C1=O. The van der Waals surface area contributed by atoms with Crippen LogP contribution in [0.2, 0.25) is 5.02 Å². The third-order valence-electron chi connectivity index (χ3n) is 5.27. The number of imide groups is 1. The van der Waals surface area contributed by atoms with Crippen molar-refractivity contribution in [1.29, 1.82) is 0 Å². The van der Waals surface area contributed by atoms with Crippen molar-refractivity contribution >= 4 is 41.0 Å². The van der Waals surface area contributed by atoms with Gasteiger partial charge in [0.15, 0.2) is 0 Å². The largest absolute Gasteiger partial charge is 0.335 e. The van der Waals surface area contributed by atoms with Crippen LogP contribution in [0, 0.1) is 5.82 Å². The minimum atomic E-state index is -1.38. The van der Waals surface area contributed by atoms with Crippen LogP contribution in [-0.4, -0.2) is 53.7 Å². The zero-order valence-electron chi connectivity index (χ0n) is 17.5. The molecule has 1 atom stereocenters. The standard InChI is InChI=1S/C22H22ClFN4O4/c1-3-22(14-4-8-16(24)9-5-14)20(31)28(21(32)26-22)13-19(30)27(2)12-18(29)25-17-10-6-15(23)7-11-17/h4-11H,3,12-13H2,1-2H3,(H,25,29)(H,26,32). The number of likely N-dealkylation sites (N-methyl/N-ethyl adjacent to an activating group) is 1. The number of benzene rings is 2. The molecule has 0 aromatic heterocycles. The van der Waals surface area contributed by atoms with Crippen molar-refractivity contribution in [1.82, 2.24) is 15.1 Å². The molecule has 1 aliphatic rings. The Morgan fingerprint density at radius 2 is 1.75 bits per heavy atom. The minimum Gasteiger partial charge on any atom is -0.335 e. The highest BCUT2D eigenvalue weighted by atomic mass is 35.5. The number of hydrogen-bond donors (Lipinski definition) is 2. The average Bonchev–Trinajstić information content (AvgIpc) is 3.00. The lowest BCUT2D eigenvalue weighted by atomic mass is 9.87. The summed E-state index contributed by atoms with van der Waals surface area (Å²) >= 11 is 5.81. The van der Waals surface area contributed by atoms with Gasteiger partial charge in [-0.3, -0.25) is 19.3 Å². The summed E-state index contributed by atoms with van der Waals surface area (Å²) in [4.78, 5) is 52.3. The molecule has 0 bridgehead atoms. The second-order valence-corrected chi connectivity index (χ2v) is 7.83. The van der Waals surface area contributed by atoms with E-state index in [9.17, 15) is 23.6 Å². The molecule has 1 fully saturated rings. The first-order valence-corrected chi connectivity index (χ1v) is 10.2. The summed E-state index contributed by atoms with van der Waals surface area (Å²) in [5, 5.41) is 5.78. The Hall–Kier alpha value is -3.46. The number of anilines is 1. The molecule has 10 heteroatoms. The molecule has 0 aliphatic carbocycles. The van der Waals surface area contributed by atoms with Crippen molar-refractivity contribution in [2.24, 2.45) is 0 Å². The minimum absolute atomic E-state index is 0.216. The molecule has 1 saturated heterocycles. The van der Waals surface area contributed by atoms with Crippen LogP contribution in [-0.2, 0) is 19.9 Å². The van der Waals surface area contributed by atoms with Crippen LogP contribution in [0.25, 0.3) is 0 Å². The van der Waals surface area contributed by atoms with Gasteiger partial charge >= 0.3 is 6.03 Å².